The summed E-state index contributed by atoms with van der Waals surface area (Å²) in [5.41, 5.74) is 0. The third-order valence-corrected chi connectivity index (χ3v) is 0.749. The van der Waals surface area contributed by atoms with Crippen LogP contribution in [0, 0.1) is 23.7 Å². The molecule has 0 amide bonds. The fraction of sp³-hybridized carbons (Fsp3) is 0.571. The normalized spacial score (nSPS) is 7.78. The molecule has 0 aliphatic rings. The minimum Gasteiger partial charge on any atom is -0.379 e. The summed E-state index contributed by atoms with van der Waals surface area (Å²) >= 11 is 0. The van der Waals surface area contributed by atoms with Crippen LogP contribution in [0.4, 0.5) is 0 Å². The monoisotopic (exact) mass is 123 g/mol. The van der Waals surface area contributed by atoms with Crippen molar-refractivity contribution in [3.8, 4) is 18.4 Å². The van der Waals surface area contributed by atoms with Gasteiger partial charge in [0.05, 0.1) is 25.7 Å². The van der Waals surface area contributed by atoms with Crippen LogP contribution in [-0.2, 0) is 4.74 Å². The fourth-order valence-corrected chi connectivity index (χ4v) is 0.351. The molecule has 0 radical (unpaired) electrons. The highest BCUT2D eigenvalue weighted by Crippen LogP contribution is 1.82. The molecule has 0 spiro atoms. The van der Waals surface area contributed by atoms with Crippen LogP contribution in [0.2, 0.25) is 0 Å². The smallest absolute Gasteiger partial charge is 0.0645 e. The van der Waals surface area contributed by atoms with Crippen molar-refractivity contribution in [2.45, 2.75) is 12.8 Å². The molecule has 0 rings (SSSR count). The molecule has 0 heterocycles. The third kappa shape index (κ3) is 7.01. The first-order valence-electron chi connectivity index (χ1n) is 2.80. The maximum absolute atomic E-state index is 8.05. The van der Waals surface area contributed by atoms with E-state index in [0.717, 1.165) is 0 Å². The summed E-state index contributed by atoms with van der Waals surface area (Å²) in [4.78, 5) is 0. The van der Waals surface area contributed by atoms with Crippen LogP contribution in [0.5, 0.6) is 0 Å². The molecular weight excluding hydrogens is 114 g/mol. The Balaban J connectivity index is 2.79. The molecular formula is C7H9NO. The molecule has 0 aromatic heterocycles. The molecule has 0 aliphatic heterocycles. The first kappa shape index (κ1) is 8.01. The quantitative estimate of drug-likeness (QED) is 0.411. The van der Waals surface area contributed by atoms with Gasteiger partial charge in [-0.25, -0.2) is 0 Å². The van der Waals surface area contributed by atoms with Crippen molar-refractivity contribution in [2.75, 3.05) is 13.2 Å². The summed E-state index contributed by atoms with van der Waals surface area (Å²) in [7, 11) is 0. The second kappa shape index (κ2) is 7.01. The van der Waals surface area contributed by atoms with Gasteiger partial charge in [0.25, 0.3) is 0 Å². The molecule has 0 aromatic carbocycles. The summed E-state index contributed by atoms with van der Waals surface area (Å²) in [6.07, 6.45) is 6.03. The fourth-order valence-electron chi connectivity index (χ4n) is 0.351. The molecule has 0 aliphatic carbocycles. The number of hydrogen-bond donors (Lipinski definition) is 0. The lowest BCUT2D eigenvalue weighted by molar-refractivity contribution is 0.145. The zero-order valence-corrected chi connectivity index (χ0v) is 5.26. The van der Waals surface area contributed by atoms with Crippen molar-refractivity contribution in [3.63, 3.8) is 0 Å². The Labute approximate surface area is 55.4 Å². The van der Waals surface area contributed by atoms with Crippen molar-refractivity contribution in [1.29, 1.82) is 5.26 Å². The average molecular weight is 123 g/mol. The molecule has 2 heteroatoms. The maximum Gasteiger partial charge on any atom is 0.0645 e. The van der Waals surface area contributed by atoms with Gasteiger partial charge in [0.1, 0.15) is 0 Å². The van der Waals surface area contributed by atoms with Crippen molar-refractivity contribution < 1.29 is 4.74 Å². The van der Waals surface area contributed by atoms with E-state index in [1.165, 1.54) is 0 Å². The number of terminal acetylenes is 1. The largest absolute Gasteiger partial charge is 0.379 e. The van der Waals surface area contributed by atoms with E-state index in [1.807, 2.05) is 6.07 Å². The van der Waals surface area contributed by atoms with Crippen molar-refractivity contribution in [1.82, 2.24) is 0 Å². The van der Waals surface area contributed by atoms with Crippen LogP contribution in [0.15, 0.2) is 0 Å². The minimum absolute atomic E-state index is 0.449. The van der Waals surface area contributed by atoms with Crippen molar-refractivity contribution in [3.05, 3.63) is 0 Å². The second-order valence-corrected chi connectivity index (χ2v) is 1.47. The number of hydrogen-bond acceptors (Lipinski definition) is 2. The van der Waals surface area contributed by atoms with E-state index in [-0.39, 0.29) is 0 Å². The van der Waals surface area contributed by atoms with E-state index >= 15 is 0 Å². The van der Waals surface area contributed by atoms with Crippen LogP contribution in [0.3, 0.4) is 0 Å². The Morgan fingerprint density at radius 1 is 1.33 bits per heavy atom. The zero-order valence-electron chi connectivity index (χ0n) is 5.26. The first-order valence-corrected chi connectivity index (χ1v) is 2.80. The summed E-state index contributed by atoms with van der Waals surface area (Å²) in [5.74, 6) is 2.44. The summed E-state index contributed by atoms with van der Waals surface area (Å²) in [6, 6.07) is 1.97. The average Bonchev–Trinajstić information content (AvgIpc) is 1.89. The highest BCUT2D eigenvalue weighted by Gasteiger charge is 1.82. The predicted octanol–water partition coefficient (Wildman–Crippen LogP) is 0.940. The first-order chi connectivity index (χ1) is 4.41. The Kier molecular flexibility index (Phi) is 6.24. The molecule has 0 bridgehead atoms. The number of ether oxygens (including phenoxy) is 1. The van der Waals surface area contributed by atoms with Gasteiger partial charge in [0, 0.05) is 6.42 Å². The lowest BCUT2D eigenvalue weighted by Gasteiger charge is -1.94. The lowest BCUT2D eigenvalue weighted by Crippen LogP contribution is -1.93. The third-order valence-electron chi connectivity index (χ3n) is 0.749. The molecule has 0 fully saturated rings. The lowest BCUT2D eigenvalue weighted by atomic mass is 10.5. The van der Waals surface area contributed by atoms with Crippen LogP contribution >= 0.6 is 0 Å². The van der Waals surface area contributed by atoms with Gasteiger partial charge in [-0.05, 0) is 0 Å². The highest BCUT2D eigenvalue weighted by atomic mass is 16.5. The van der Waals surface area contributed by atoms with Gasteiger partial charge in [-0.15, -0.1) is 12.3 Å². The summed E-state index contributed by atoms with van der Waals surface area (Å²) in [5, 5.41) is 8.05. The molecule has 9 heavy (non-hydrogen) atoms. The summed E-state index contributed by atoms with van der Waals surface area (Å²) in [6.45, 7) is 1.07. The molecule has 0 saturated carbocycles. The van der Waals surface area contributed by atoms with E-state index in [9.17, 15) is 0 Å². The predicted molar refractivity (Wildman–Crippen MR) is 34.5 cm³/mol. The van der Waals surface area contributed by atoms with Gasteiger partial charge < -0.3 is 4.74 Å². The SMILES string of the molecule is C#CCCOCCC#N. The molecule has 0 atom stereocenters. The van der Waals surface area contributed by atoms with Gasteiger partial charge in [0.15, 0.2) is 0 Å². The molecule has 0 unspecified atom stereocenters. The molecule has 0 aromatic rings. The topological polar surface area (TPSA) is 33.0 Å². The van der Waals surface area contributed by atoms with Crippen LogP contribution in [0.1, 0.15) is 12.8 Å². The van der Waals surface area contributed by atoms with Gasteiger partial charge >= 0.3 is 0 Å². The maximum atomic E-state index is 8.05. The molecule has 0 saturated heterocycles. The van der Waals surface area contributed by atoms with E-state index in [4.69, 9.17) is 16.4 Å². The van der Waals surface area contributed by atoms with Gasteiger partial charge in [-0.2, -0.15) is 5.26 Å². The standard InChI is InChI=1S/C7H9NO/c1-2-3-6-9-7-4-5-8/h1H,3-4,6-7H2. The van der Waals surface area contributed by atoms with Gasteiger partial charge in [-0.3, -0.25) is 0 Å². The van der Waals surface area contributed by atoms with E-state index < -0.39 is 0 Å². The molecule has 48 valence electrons. The van der Waals surface area contributed by atoms with Crippen LogP contribution in [0.25, 0.3) is 0 Å². The zero-order chi connectivity index (χ0) is 6.95. The second-order valence-electron chi connectivity index (χ2n) is 1.47. The van der Waals surface area contributed by atoms with E-state index in [0.29, 0.717) is 26.1 Å². The number of nitrogens with zero attached hydrogens (tertiary/aromatic N) is 1. The highest BCUT2D eigenvalue weighted by molar-refractivity contribution is 4.82. The van der Waals surface area contributed by atoms with Gasteiger partial charge in [0.2, 0.25) is 0 Å². The van der Waals surface area contributed by atoms with Crippen LogP contribution in [-0.4, -0.2) is 13.2 Å². The Bertz CT molecular complexity index is 113. The van der Waals surface area contributed by atoms with Crippen molar-refractivity contribution >= 4 is 0 Å². The van der Waals surface area contributed by atoms with E-state index in [1.54, 1.807) is 0 Å². The van der Waals surface area contributed by atoms with Gasteiger partial charge in [-0.1, -0.05) is 0 Å². The molecule has 0 N–H and O–H groups in total. The summed E-state index contributed by atoms with van der Waals surface area (Å²) < 4.78 is 4.95. The molecule has 2 nitrogen and oxygen atoms in total. The Morgan fingerprint density at radius 3 is 2.56 bits per heavy atom. The van der Waals surface area contributed by atoms with Crippen molar-refractivity contribution in [2.24, 2.45) is 0 Å². The number of rotatable bonds is 4. The number of nitriles is 1. The Hall–Kier alpha value is -0.990. The minimum atomic E-state index is 0.449. The van der Waals surface area contributed by atoms with E-state index in [2.05, 4.69) is 5.92 Å². The Morgan fingerprint density at radius 2 is 2.00 bits per heavy atom. The van der Waals surface area contributed by atoms with Crippen LogP contribution < -0.4 is 0 Å².